The summed E-state index contributed by atoms with van der Waals surface area (Å²) in [5.74, 6) is -16.6. The maximum atomic E-state index is 14.4. The summed E-state index contributed by atoms with van der Waals surface area (Å²) in [4.78, 5) is 250. The molecule has 27 N–H and O–H groups in total. The Kier molecular flexibility index (Phi) is 53.0. The Bertz CT molecular complexity index is 4200. The summed E-state index contributed by atoms with van der Waals surface area (Å²) >= 11 is 0. The molecular weight excluding hydrogens is 1760 g/mol. The number of aliphatic hydroxyl groups is 1. The fraction of sp³-hybridized carbons (Fsp3) is 0.605. The standard InChI is InChI=1S/C81H126N21O29P/c1-3-69(113)128-47-51(131-70(114)4-2)48-130-132(124,125)129-38-35-88-63(105)28-27-62(104)87-34-37-127-40-39-126-36-29-64(106)94-56(71(115)89-31-14-12-22-55-75(119)98-53(24-16-33-91-81(84)85)73(117)93-46-66(108)96-60(44-68(111)112)79(123)102-58(77(121)100-55)42-50-19-9-6-10-20-50)25-26-61(103)86-30-13-11-21-54-74(118)97-52(23-15-32-90-80(82)83)72(116)92-45-65(107)95-59(43-67(109)110)78(122)101-57(76(120)99-54)41-49-17-7-5-8-18-49/h5-10,17-20,51-60,65,95,107H,3-4,11-16,21-48H2,1-2H3,(H,86,103)(H,87,104)(H,88,105)(H,89,115)(H,92,116)(H,93,117)(H,94,106)(H,96,108)(H,97,118)(H,98,119)(H,99,120)(H,100,121)(H,101,122)(H,102,123)(H,109,110)(H,111,112)(H,124,125)(H4,82,83,90)(H4,84,85,91)/t51-,52+,53+,54?,55+,56?,57-,58-,59+,60+,65-/m1/s1. The number of phosphoric ester groups is 1. The van der Waals surface area contributed by atoms with Crippen LogP contribution in [0.2, 0.25) is 0 Å². The number of carboxylic acids is 2. The Labute approximate surface area is 760 Å². The number of carbonyl (C=O) groups is 18. The Hall–Kier alpha value is -12.6. The van der Waals surface area contributed by atoms with Gasteiger partial charge in [0.15, 0.2) is 18.0 Å². The van der Waals surface area contributed by atoms with Crippen LogP contribution in [0.3, 0.4) is 0 Å². The number of β-amino-alcohol motifs (C(OH)–C–C–N with tert-alkyl or cyclic N) is 1. The van der Waals surface area contributed by atoms with Crippen LogP contribution in [-0.2, 0) is 132 Å². The lowest BCUT2D eigenvalue weighted by Gasteiger charge is -2.26. The third-order valence-corrected chi connectivity index (χ3v) is 20.5. The summed E-state index contributed by atoms with van der Waals surface area (Å²) in [7, 11) is -4.73. The number of aliphatic carboxylic acids is 2. The zero-order valence-electron chi connectivity index (χ0n) is 73.7. The minimum atomic E-state index is -4.73. The number of ether oxygens (including phenoxy) is 4. The molecule has 0 aliphatic carbocycles. The quantitative estimate of drug-likeness (QED) is 0.00963. The van der Waals surface area contributed by atoms with E-state index in [2.05, 4.69) is 90.4 Å². The zero-order valence-corrected chi connectivity index (χ0v) is 74.6. The number of unbranched alkanes of at least 4 members (excludes halogenated alkanes) is 2. The number of phosphoric acid groups is 1. The number of esters is 2. The summed E-state index contributed by atoms with van der Waals surface area (Å²) in [5.41, 5.74) is 12.0. The predicted molar refractivity (Wildman–Crippen MR) is 465 cm³/mol. The molecule has 12 atom stereocenters. The number of nitrogens with one attached hydrogen (secondary N) is 19. The lowest BCUT2D eigenvalue weighted by Crippen LogP contribution is -2.58. The average molecular weight is 1890 g/mol. The number of amides is 14. The molecule has 132 heavy (non-hydrogen) atoms. The maximum absolute atomic E-state index is 14.4. The van der Waals surface area contributed by atoms with E-state index in [0.717, 1.165) is 0 Å². The molecule has 0 radical (unpaired) electrons. The SMILES string of the molecule is CCC(=O)OC[C@H](COP(=O)(O)OCCNC(=O)CCC(=O)NCCOCCOCCC(=O)NC(CCC(=O)NCCCCC1NC(=O)[C@@H](Cc2ccccc2)NC(=O)[C@H](CC(=O)O)N[C@H](O)CNC(=O)[C@H](CCCNC(=N)N)NC1=O)C(=O)NCCCC[C@@H]1NC(=O)[C@@H](Cc2ccccc2)NC(=O)[C@H](CC(=O)O)NC(=O)CNC(=O)[C@H](CCCNC(=N)N)NC1=O)OC(=O)CC. The molecule has 2 aliphatic heterocycles. The van der Waals surface area contributed by atoms with E-state index in [9.17, 15) is 111 Å². The molecule has 2 fully saturated rings. The van der Waals surface area contributed by atoms with Gasteiger partial charge in [0.05, 0.1) is 71.6 Å². The number of carboxylic acid groups (broad SMARTS) is 2. The molecule has 3 unspecified atom stereocenters. The second-order valence-corrected chi connectivity index (χ2v) is 31.7. The second kappa shape index (κ2) is 62.6. The highest BCUT2D eigenvalue weighted by Crippen LogP contribution is 2.43. The molecule has 50 nitrogen and oxygen atoms in total. The molecule has 51 heteroatoms. The highest BCUT2D eigenvalue weighted by molar-refractivity contribution is 7.47. The van der Waals surface area contributed by atoms with Crippen molar-refractivity contribution in [1.29, 1.82) is 10.8 Å². The van der Waals surface area contributed by atoms with E-state index in [1.165, 1.54) is 13.8 Å². The third kappa shape index (κ3) is 48.9. The van der Waals surface area contributed by atoms with Crippen molar-refractivity contribution in [2.45, 2.75) is 215 Å². The van der Waals surface area contributed by atoms with Gasteiger partial charge in [-0.15, -0.1) is 0 Å². The highest BCUT2D eigenvalue weighted by atomic mass is 31.2. The number of hydrogen-bond acceptors (Lipinski definition) is 29. The first-order valence-electron chi connectivity index (χ1n) is 43.2. The van der Waals surface area contributed by atoms with E-state index in [-0.39, 0.29) is 200 Å². The summed E-state index contributed by atoms with van der Waals surface area (Å²) in [6.45, 7) is -0.503. The van der Waals surface area contributed by atoms with Crippen LogP contribution < -0.4 is 102 Å². The minimum absolute atomic E-state index is 0.00779. The monoisotopic (exact) mass is 1890 g/mol. The maximum Gasteiger partial charge on any atom is 0.472 e. The summed E-state index contributed by atoms with van der Waals surface area (Å²) in [6.07, 6.45) is -6.54. The van der Waals surface area contributed by atoms with Crippen LogP contribution in [-0.4, -0.2) is 304 Å². The van der Waals surface area contributed by atoms with Crippen molar-refractivity contribution < 1.29 is 139 Å². The number of benzene rings is 2. The minimum Gasteiger partial charge on any atom is -0.481 e. The molecule has 2 heterocycles. The molecule has 4 rings (SSSR count). The summed E-state index contributed by atoms with van der Waals surface area (Å²) in [6, 6.07) is 3.29. The molecule has 0 bridgehead atoms. The number of rotatable bonds is 55. The Morgan fingerprint density at radius 2 is 0.894 bits per heavy atom. The van der Waals surface area contributed by atoms with Gasteiger partial charge in [-0.1, -0.05) is 74.5 Å². The van der Waals surface area contributed by atoms with Gasteiger partial charge in [-0.2, -0.15) is 0 Å². The van der Waals surface area contributed by atoms with Gasteiger partial charge >= 0.3 is 31.7 Å². The lowest BCUT2D eigenvalue weighted by atomic mass is 10.0. The Balaban J connectivity index is 1.47. The topological polar surface area (TPSA) is 765 Å². The molecule has 734 valence electrons. The summed E-state index contributed by atoms with van der Waals surface area (Å²) < 4.78 is 43.3. The first kappa shape index (κ1) is 112. The van der Waals surface area contributed by atoms with E-state index in [4.69, 9.17) is 50.3 Å². The van der Waals surface area contributed by atoms with Crippen molar-refractivity contribution in [3.8, 4) is 0 Å². The van der Waals surface area contributed by atoms with Gasteiger partial charge in [-0.25, -0.2) is 4.57 Å². The van der Waals surface area contributed by atoms with Gasteiger partial charge in [0.25, 0.3) is 0 Å². The number of nitrogens with two attached hydrogens (primary N) is 2. The van der Waals surface area contributed by atoms with E-state index in [1.807, 2.05) is 0 Å². The van der Waals surface area contributed by atoms with Gasteiger partial charge in [0.1, 0.15) is 61.2 Å². The fourth-order valence-corrected chi connectivity index (χ4v) is 13.4. The van der Waals surface area contributed by atoms with Crippen LogP contribution in [0.5, 0.6) is 0 Å². The van der Waals surface area contributed by atoms with Gasteiger partial charge < -0.3 is 136 Å². The van der Waals surface area contributed by atoms with Crippen LogP contribution in [0, 0.1) is 10.8 Å². The van der Waals surface area contributed by atoms with Crippen molar-refractivity contribution in [2.24, 2.45) is 11.5 Å². The van der Waals surface area contributed by atoms with Gasteiger partial charge in [-0.3, -0.25) is 111 Å². The number of aliphatic hydroxyl groups excluding tert-OH is 1. The second-order valence-electron chi connectivity index (χ2n) is 30.3. The molecule has 14 amide bonds. The van der Waals surface area contributed by atoms with E-state index in [1.54, 1.807) is 60.7 Å². The number of guanidine groups is 2. The van der Waals surface area contributed by atoms with Crippen LogP contribution in [0.4, 0.5) is 0 Å². The molecule has 2 saturated heterocycles. The van der Waals surface area contributed by atoms with Gasteiger partial charge in [-0.05, 0) is 81.8 Å². The summed E-state index contributed by atoms with van der Waals surface area (Å²) in [5, 5.41) is 88.8. The molecular formula is C81H126N21O29P. The van der Waals surface area contributed by atoms with Crippen molar-refractivity contribution >= 4 is 126 Å². The van der Waals surface area contributed by atoms with Crippen molar-refractivity contribution in [3.63, 3.8) is 0 Å². The lowest BCUT2D eigenvalue weighted by molar-refractivity contribution is -0.160. The first-order valence-corrected chi connectivity index (χ1v) is 44.7. The molecule has 0 saturated carbocycles. The Morgan fingerprint density at radius 1 is 0.462 bits per heavy atom. The number of hydrogen-bond donors (Lipinski definition) is 25. The third-order valence-electron chi connectivity index (χ3n) is 19.5. The van der Waals surface area contributed by atoms with E-state index in [0.29, 0.717) is 11.1 Å². The molecule has 0 spiro atoms. The zero-order chi connectivity index (χ0) is 97.3. The molecule has 2 aromatic carbocycles. The van der Waals surface area contributed by atoms with Gasteiger partial charge in [0, 0.05) is 90.6 Å². The molecule has 0 aromatic heterocycles. The Morgan fingerprint density at radius 3 is 1.41 bits per heavy atom. The highest BCUT2D eigenvalue weighted by Gasteiger charge is 2.37. The normalized spacial score (nSPS) is 19.8. The van der Waals surface area contributed by atoms with Crippen LogP contribution in [0.15, 0.2) is 60.7 Å². The first-order chi connectivity index (χ1) is 62.9. The molecule has 2 aliphatic rings. The predicted octanol–water partition coefficient (Wildman–Crippen LogP) is -6.44. The number of carbonyl (C=O) groups excluding carboxylic acids is 16. The fourth-order valence-electron chi connectivity index (χ4n) is 12.6. The van der Waals surface area contributed by atoms with E-state index < -0.39 is 227 Å². The van der Waals surface area contributed by atoms with Crippen LogP contribution >= 0.6 is 7.82 Å². The van der Waals surface area contributed by atoms with Gasteiger partial charge in [0.2, 0.25) is 82.7 Å². The largest absolute Gasteiger partial charge is 0.481 e. The molecule has 2 aromatic rings. The van der Waals surface area contributed by atoms with Crippen molar-refractivity contribution in [2.75, 3.05) is 98.6 Å². The van der Waals surface area contributed by atoms with Crippen LogP contribution in [0.25, 0.3) is 0 Å². The van der Waals surface area contributed by atoms with Crippen molar-refractivity contribution in [1.82, 2.24) is 90.4 Å². The van der Waals surface area contributed by atoms with Crippen LogP contribution in [0.1, 0.15) is 147 Å². The van der Waals surface area contributed by atoms with E-state index >= 15 is 0 Å². The average Bonchev–Trinajstić information content (AvgIpc) is 1.52. The van der Waals surface area contributed by atoms with Crippen molar-refractivity contribution in [3.05, 3.63) is 71.8 Å². The smallest absolute Gasteiger partial charge is 0.472 e.